The Morgan fingerprint density at radius 2 is 1.86 bits per heavy atom. The molecule has 0 aliphatic rings. The van der Waals surface area contributed by atoms with Crippen LogP contribution < -0.4 is 5.32 Å². The molecule has 6 nitrogen and oxygen atoms in total. The van der Waals surface area contributed by atoms with Crippen LogP contribution in [0.5, 0.6) is 0 Å². The lowest BCUT2D eigenvalue weighted by Gasteiger charge is -2.22. The normalized spacial score (nSPS) is 13.5. The molecular weight excluding hydrogens is 274 g/mol. The summed E-state index contributed by atoms with van der Waals surface area (Å²) in [4.78, 5) is 22.5. The molecule has 1 amide bonds. The number of carboxylic acids is 1. The zero-order valence-electron chi connectivity index (χ0n) is 12.2. The second kappa shape index (κ2) is 8.26. The van der Waals surface area contributed by atoms with E-state index in [9.17, 15) is 14.7 Å². The lowest BCUT2D eigenvalue weighted by Crippen LogP contribution is -2.47. The first kappa shape index (κ1) is 17.0. The van der Waals surface area contributed by atoms with Crippen molar-refractivity contribution in [2.75, 3.05) is 0 Å². The Morgan fingerprint density at radius 3 is 2.38 bits per heavy atom. The van der Waals surface area contributed by atoms with E-state index in [-0.39, 0.29) is 12.5 Å². The molecule has 0 aliphatic carbocycles. The van der Waals surface area contributed by atoms with Crippen molar-refractivity contribution in [3.05, 3.63) is 35.9 Å². The van der Waals surface area contributed by atoms with Crippen molar-refractivity contribution in [1.29, 1.82) is 0 Å². The number of carboxylic acid groups (broad SMARTS) is 1. The number of hydrogen-bond acceptors (Lipinski definition) is 4. The number of ether oxygens (including phenoxy) is 1. The molecule has 0 unspecified atom stereocenters. The van der Waals surface area contributed by atoms with Crippen molar-refractivity contribution in [2.45, 2.75) is 39.0 Å². The lowest BCUT2D eigenvalue weighted by atomic mass is 9.99. The SMILES string of the molecule is CC(C)C[C@H](NC(=O)OCc1ccccc1)[C@H](O)C(=O)O. The van der Waals surface area contributed by atoms with E-state index in [1.54, 1.807) is 0 Å². The summed E-state index contributed by atoms with van der Waals surface area (Å²) in [6.07, 6.45) is -2.06. The average Bonchev–Trinajstić information content (AvgIpc) is 2.44. The lowest BCUT2D eigenvalue weighted by molar-refractivity contribution is -0.148. The molecule has 1 rings (SSSR count). The molecule has 2 atom stereocenters. The van der Waals surface area contributed by atoms with Crippen LogP contribution in [0.2, 0.25) is 0 Å². The largest absolute Gasteiger partial charge is 0.479 e. The van der Waals surface area contributed by atoms with Crippen LogP contribution in [0.15, 0.2) is 30.3 Å². The Balaban J connectivity index is 2.53. The Bertz CT molecular complexity index is 460. The van der Waals surface area contributed by atoms with Gasteiger partial charge in [-0.2, -0.15) is 0 Å². The number of aliphatic hydroxyl groups excluding tert-OH is 1. The Morgan fingerprint density at radius 1 is 1.24 bits per heavy atom. The third-order valence-corrected chi connectivity index (χ3v) is 2.88. The van der Waals surface area contributed by atoms with E-state index in [1.807, 2.05) is 44.2 Å². The maximum atomic E-state index is 11.7. The highest BCUT2D eigenvalue weighted by Gasteiger charge is 2.28. The molecule has 0 bridgehead atoms. The summed E-state index contributed by atoms with van der Waals surface area (Å²) in [7, 11) is 0. The van der Waals surface area contributed by atoms with Gasteiger partial charge < -0.3 is 20.3 Å². The zero-order valence-corrected chi connectivity index (χ0v) is 12.2. The number of hydrogen-bond donors (Lipinski definition) is 3. The zero-order chi connectivity index (χ0) is 15.8. The first-order valence-corrected chi connectivity index (χ1v) is 6.78. The van der Waals surface area contributed by atoms with Crippen molar-refractivity contribution in [3.8, 4) is 0 Å². The Hall–Kier alpha value is -2.08. The van der Waals surface area contributed by atoms with Crippen LogP contribution in [-0.4, -0.2) is 34.4 Å². The molecule has 0 aromatic heterocycles. The van der Waals surface area contributed by atoms with Gasteiger partial charge in [0.1, 0.15) is 6.61 Å². The van der Waals surface area contributed by atoms with Gasteiger partial charge in [0.25, 0.3) is 0 Å². The molecule has 1 aromatic rings. The Labute approximate surface area is 123 Å². The van der Waals surface area contributed by atoms with E-state index in [1.165, 1.54) is 0 Å². The molecule has 1 aromatic carbocycles. The number of rotatable bonds is 7. The van der Waals surface area contributed by atoms with Crippen molar-refractivity contribution in [3.63, 3.8) is 0 Å². The summed E-state index contributed by atoms with van der Waals surface area (Å²) in [6, 6.07) is 8.24. The average molecular weight is 295 g/mol. The summed E-state index contributed by atoms with van der Waals surface area (Å²) < 4.78 is 5.02. The number of nitrogens with one attached hydrogen (secondary N) is 1. The molecular formula is C15H21NO5. The van der Waals surface area contributed by atoms with E-state index < -0.39 is 24.2 Å². The van der Waals surface area contributed by atoms with E-state index in [0.717, 1.165) is 5.56 Å². The van der Waals surface area contributed by atoms with Gasteiger partial charge in [-0.15, -0.1) is 0 Å². The third kappa shape index (κ3) is 6.27. The van der Waals surface area contributed by atoms with Crippen molar-refractivity contribution in [2.24, 2.45) is 5.92 Å². The van der Waals surface area contributed by atoms with Gasteiger partial charge in [0.15, 0.2) is 6.10 Å². The number of aliphatic hydroxyl groups is 1. The predicted octanol–water partition coefficient (Wildman–Crippen LogP) is 1.77. The number of carbonyl (C=O) groups is 2. The van der Waals surface area contributed by atoms with Gasteiger partial charge in [-0.25, -0.2) is 9.59 Å². The molecule has 21 heavy (non-hydrogen) atoms. The first-order chi connectivity index (χ1) is 9.90. The van der Waals surface area contributed by atoms with Crippen molar-refractivity contribution in [1.82, 2.24) is 5.32 Å². The van der Waals surface area contributed by atoms with Gasteiger partial charge in [-0.3, -0.25) is 0 Å². The highest BCUT2D eigenvalue weighted by Crippen LogP contribution is 2.09. The van der Waals surface area contributed by atoms with Crippen LogP contribution in [-0.2, 0) is 16.1 Å². The highest BCUT2D eigenvalue weighted by molar-refractivity contribution is 5.75. The van der Waals surface area contributed by atoms with E-state index >= 15 is 0 Å². The maximum absolute atomic E-state index is 11.7. The third-order valence-electron chi connectivity index (χ3n) is 2.88. The van der Waals surface area contributed by atoms with Crippen molar-refractivity contribution < 1.29 is 24.5 Å². The van der Waals surface area contributed by atoms with Crippen LogP contribution >= 0.6 is 0 Å². The minimum absolute atomic E-state index is 0.0875. The Kier molecular flexibility index (Phi) is 6.68. The molecule has 0 saturated carbocycles. The summed E-state index contributed by atoms with van der Waals surface area (Å²) in [5, 5.41) is 20.9. The smallest absolute Gasteiger partial charge is 0.407 e. The molecule has 6 heteroatoms. The van der Waals surface area contributed by atoms with Gasteiger partial charge in [-0.05, 0) is 17.9 Å². The minimum Gasteiger partial charge on any atom is -0.479 e. The molecule has 0 heterocycles. The number of aliphatic carboxylic acids is 1. The molecule has 0 radical (unpaired) electrons. The quantitative estimate of drug-likeness (QED) is 0.712. The fourth-order valence-corrected chi connectivity index (χ4v) is 1.86. The topological polar surface area (TPSA) is 95.9 Å². The van der Waals surface area contributed by atoms with Gasteiger partial charge in [-0.1, -0.05) is 44.2 Å². The van der Waals surface area contributed by atoms with Crippen LogP contribution in [0.3, 0.4) is 0 Å². The molecule has 116 valence electrons. The number of carbonyl (C=O) groups excluding carboxylic acids is 1. The van der Waals surface area contributed by atoms with Crippen LogP contribution in [0.4, 0.5) is 4.79 Å². The monoisotopic (exact) mass is 295 g/mol. The van der Waals surface area contributed by atoms with E-state index in [2.05, 4.69) is 5.32 Å². The number of alkyl carbamates (subject to hydrolysis) is 1. The van der Waals surface area contributed by atoms with Gasteiger partial charge in [0.2, 0.25) is 0 Å². The summed E-state index contributed by atoms with van der Waals surface area (Å²) in [6.45, 7) is 3.83. The van der Waals surface area contributed by atoms with E-state index in [4.69, 9.17) is 9.84 Å². The second-order valence-corrected chi connectivity index (χ2v) is 5.23. The van der Waals surface area contributed by atoms with Gasteiger partial charge in [0, 0.05) is 0 Å². The van der Waals surface area contributed by atoms with Crippen LogP contribution in [0.1, 0.15) is 25.8 Å². The maximum Gasteiger partial charge on any atom is 0.407 e. The number of amides is 1. The predicted molar refractivity (Wildman–Crippen MR) is 76.6 cm³/mol. The van der Waals surface area contributed by atoms with Gasteiger partial charge in [0.05, 0.1) is 6.04 Å². The van der Waals surface area contributed by atoms with Crippen molar-refractivity contribution >= 4 is 12.1 Å². The van der Waals surface area contributed by atoms with Gasteiger partial charge >= 0.3 is 12.1 Å². The fourth-order valence-electron chi connectivity index (χ4n) is 1.86. The minimum atomic E-state index is -1.66. The van der Waals surface area contributed by atoms with Crippen LogP contribution in [0, 0.1) is 5.92 Å². The molecule has 0 saturated heterocycles. The second-order valence-electron chi connectivity index (χ2n) is 5.23. The highest BCUT2D eigenvalue weighted by atomic mass is 16.5. The number of benzene rings is 1. The molecule has 0 aliphatic heterocycles. The molecule has 0 fully saturated rings. The van der Waals surface area contributed by atoms with Crippen LogP contribution in [0.25, 0.3) is 0 Å². The summed E-state index contributed by atoms with van der Waals surface area (Å²) >= 11 is 0. The summed E-state index contributed by atoms with van der Waals surface area (Å²) in [5.74, 6) is -1.25. The molecule has 0 spiro atoms. The summed E-state index contributed by atoms with van der Waals surface area (Å²) in [5.41, 5.74) is 0.826. The standard InChI is InChI=1S/C15H21NO5/c1-10(2)8-12(13(17)14(18)19)16-15(20)21-9-11-6-4-3-5-7-11/h3-7,10,12-13,17H,8-9H2,1-2H3,(H,16,20)(H,18,19)/t12-,13-/m0/s1. The first-order valence-electron chi connectivity index (χ1n) is 6.78. The van der Waals surface area contributed by atoms with E-state index in [0.29, 0.717) is 6.42 Å². The molecule has 3 N–H and O–H groups in total. The fraction of sp³-hybridized carbons (Fsp3) is 0.467.